The van der Waals surface area contributed by atoms with E-state index in [-0.39, 0.29) is 18.4 Å². The average molecular weight is 461 g/mol. The highest BCUT2D eigenvalue weighted by molar-refractivity contribution is 6.25. The van der Waals surface area contributed by atoms with Gasteiger partial charge in [-0.05, 0) is 34.4 Å². The first-order chi connectivity index (χ1) is 16.1. The van der Waals surface area contributed by atoms with Crippen molar-refractivity contribution in [3.05, 3.63) is 107 Å². The Labute approximate surface area is 198 Å². The van der Waals surface area contributed by atoms with E-state index in [1.165, 1.54) is 10.4 Å². The summed E-state index contributed by atoms with van der Waals surface area (Å²) in [5, 5.41) is 13.1. The molecule has 1 saturated heterocycles. The summed E-state index contributed by atoms with van der Waals surface area (Å²) in [6, 6.07) is 25.7. The average Bonchev–Trinajstić information content (AvgIpc) is 3.32. The van der Waals surface area contributed by atoms with Crippen molar-refractivity contribution in [1.29, 1.82) is 0 Å². The van der Waals surface area contributed by atoms with Crippen molar-refractivity contribution in [3.8, 4) is 11.1 Å². The fraction of sp³-hybridized carbons (Fsp3) is 0.185. The Morgan fingerprint density at radius 3 is 2.21 bits per heavy atom. The largest absolute Gasteiger partial charge is 0.387 e. The fourth-order valence-corrected chi connectivity index (χ4v) is 4.15. The zero-order valence-corrected chi connectivity index (χ0v) is 18.8. The van der Waals surface area contributed by atoms with E-state index in [1.807, 2.05) is 60.7 Å². The maximum absolute atomic E-state index is 13.3. The first-order valence-electron chi connectivity index (χ1n) is 10.8. The van der Waals surface area contributed by atoms with Crippen LogP contribution in [0.15, 0.2) is 96.0 Å². The predicted octanol–water partition coefficient (Wildman–Crippen LogP) is 4.54. The number of nitrogens with zero attached hydrogens (tertiary/aromatic N) is 1. The van der Waals surface area contributed by atoms with E-state index in [0.717, 1.165) is 22.3 Å². The lowest BCUT2D eigenvalue weighted by Crippen LogP contribution is -2.46. The molecule has 168 valence electrons. The summed E-state index contributed by atoms with van der Waals surface area (Å²) >= 11 is 5.92. The van der Waals surface area contributed by atoms with Gasteiger partial charge < -0.3 is 15.3 Å². The minimum absolute atomic E-state index is 0.0626. The number of aliphatic hydroxyl groups is 1. The van der Waals surface area contributed by atoms with Gasteiger partial charge in [-0.15, -0.1) is 0 Å². The van der Waals surface area contributed by atoms with Crippen LogP contribution >= 0.6 is 11.6 Å². The molecule has 6 heteroatoms. The Morgan fingerprint density at radius 2 is 1.58 bits per heavy atom. The zero-order chi connectivity index (χ0) is 23.2. The molecule has 0 radical (unpaired) electrons. The third-order valence-corrected chi connectivity index (χ3v) is 6.12. The van der Waals surface area contributed by atoms with Crippen molar-refractivity contribution in [1.82, 2.24) is 10.2 Å². The van der Waals surface area contributed by atoms with E-state index < -0.39 is 12.1 Å². The number of halogens is 1. The molecule has 0 bridgehead atoms. The lowest BCUT2D eigenvalue weighted by molar-refractivity contribution is -0.125. The predicted molar refractivity (Wildman–Crippen MR) is 130 cm³/mol. The van der Waals surface area contributed by atoms with E-state index in [1.54, 1.807) is 24.3 Å². The van der Waals surface area contributed by atoms with Crippen LogP contribution in [0.4, 0.5) is 0 Å². The van der Waals surface area contributed by atoms with Crippen LogP contribution in [-0.2, 0) is 4.79 Å². The standard InChI is InChI=1S/C27H25ClN2O3/c28-16-19-15-24(26(32)29-17-25(31)22-9-5-2-6-10-22)30(18-19)27(33)23-13-11-21(12-14-23)20-7-3-1-4-8-20/h1-14,16,24-25,31H,15,17-18H2,(H,29,32)/t24-,25+/m0/s1. The summed E-state index contributed by atoms with van der Waals surface area (Å²) in [5.41, 5.74) is 5.56. The van der Waals surface area contributed by atoms with Crippen molar-refractivity contribution >= 4 is 23.4 Å². The molecular formula is C27H25ClN2O3. The second kappa shape index (κ2) is 10.5. The summed E-state index contributed by atoms with van der Waals surface area (Å²) < 4.78 is 0. The summed E-state index contributed by atoms with van der Waals surface area (Å²) in [6.07, 6.45) is -0.459. The van der Waals surface area contributed by atoms with Crippen LogP contribution in [0.25, 0.3) is 11.1 Å². The molecule has 3 aromatic carbocycles. The van der Waals surface area contributed by atoms with Crippen molar-refractivity contribution in [2.24, 2.45) is 0 Å². The first-order valence-corrected chi connectivity index (χ1v) is 11.3. The van der Waals surface area contributed by atoms with Crippen LogP contribution in [0.3, 0.4) is 0 Å². The van der Waals surface area contributed by atoms with Crippen LogP contribution in [0, 0.1) is 0 Å². The van der Waals surface area contributed by atoms with Crippen LogP contribution in [0.1, 0.15) is 28.4 Å². The number of hydrogen-bond acceptors (Lipinski definition) is 3. The van der Waals surface area contributed by atoms with Crippen molar-refractivity contribution in [2.45, 2.75) is 18.6 Å². The highest BCUT2D eigenvalue weighted by Gasteiger charge is 2.37. The van der Waals surface area contributed by atoms with Gasteiger partial charge in [0.15, 0.2) is 0 Å². The number of likely N-dealkylation sites (tertiary alicyclic amines) is 1. The van der Waals surface area contributed by atoms with Gasteiger partial charge in [0, 0.05) is 30.6 Å². The molecule has 5 nitrogen and oxygen atoms in total. The van der Waals surface area contributed by atoms with Gasteiger partial charge in [-0.1, -0.05) is 84.4 Å². The van der Waals surface area contributed by atoms with Gasteiger partial charge in [0.2, 0.25) is 5.91 Å². The van der Waals surface area contributed by atoms with Crippen molar-refractivity contribution in [2.75, 3.05) is 13.1 Å². The Balaban J connectivity index is 1.46. The molecule has 4 rings (SSSR count). The molecule has 0 saturated carbocycles. The quantitative estimate of drug-likeness (QED) is 0.567. The summed E-state index contributed by atoms with van der Waals surface area (Å²) in [7, 11) is 0. The van der Waals surface area contributed by atoms with Gasteiger partial charge in [0.25, 0.3) is 5.91 Å². The topological polar surface area (TPSA) is 69.6 Å². The summed E-state index contributed by atoms with van der Waals surface area (Å²) in [4.78, 5) is 27.7. The van der Waals surface area contributed by atoms with Gasteiger partial charge in [-0.25, -0.2) is 0 Å². The summed E-state index contributed by atoms with van der Waals surface area (Å²) in [6.45, 7) is 0.356. The maximum atomic E-state index is 13.3. The van der Waals surface area contributed by atoms with Crippen LogP contribution < -0.4 is 5.32 Å². The van der Waals surface area contributed by atoms with Crippen LogP contribution in [0.5, 0.6) is 0 Å². The van der Waals surface area contributed by atoms with E-state index in [0.29, 0.717) is 18.5 Å². The Hall–Kier alpha value is -3.41. The molecule has 0 unspecified atom stereocenters. The van der Waals surface area contributed by atoms with Gasteiger partial charge in [-0.3, -0.25) is 9.59 Å². The number of hydrogen-bond donors (Lipinski definition) is 2. The smallest absolute Gasteiger partial charge is 0.254 e. The summed E-state index contributed by atoms with van der Waals surface area (Å²) in [5.74, 6) is -0.542. The van der Waals surface area contributed by atoms with E-state index in [9.17, 15) is 14.7 Å². The number of aliphatic hydroxyl groups excluding tert-OH is 1. The van der Waals surface area contributed by atoms with Crippen molar-refractivity contribution < 1.29 is 14.7 Å². The maximum Gasteiger partial charge on any atom is 0.254 e. The van der Waals surface area contributed by atoms with E-state index >= 15 is 0 Å². The van der Waals surface area contributed by atoms with Crippen molar-refractivity contribution in [3.63, 3.8) is 0 Å². The normalized spacial score (nSPS) is 17.7. The highest BCUT2D eigenvalue weighted by Crippen LogP contribution is 2.27. The van der Waals surface area contributed by atoms with E-state index in [2.05, 4.69) is 5.32 Å². The molecule has 2 atom stereocenters. The lowest BCUT2D eigenvalue weighted by Gasteiger charge is -2.24. The number of amides is 2. The number of carbonyl (C=O) groups is 2. The molecular weight excluding hydrogens is 436 g/mol. The lowest BCUT2D eigenvalue weighted by atomic mass is 10.0. The number of nitrogens with one attached hydrogen (secondary N) is 1. The number of benzene rings is 3. The molecule has 1 heterocycles. The number of carbonyl (C=O) groups excluding carboxylic acids is 2. The minimum atomic E-state index is -0.825. The molecule has 0 aliphatic carbocycles. The Morgan fingerprint density at radius 1 is 0.970 bits per heavy atom. The van der Waals surface area contributed by atoms with Gasteiger partial charge >= 0.3 is 0 Å². The Bertz CT molecular complexity index is 1130. The van der Waals surface area contributed by atoms with Crippen LogP contribution in [-0.4, -0.2) is 41.0 Å². The molecule has 2 N–H and O–H groups in total. The molecule has 0 aromatic heterocycles. The molecule has 0 spiro atoms. The molecule has 2 amide bonds. The first kappa shape index (κ1) is 22.8. The third kappa shape index (κ3) is 5.33. The second-order valence-electron chi connectivity index (χ2n) is 8.04. The monoisotopic (exact) mass is 460 g/mol. The zero-order valence-electron chi connectivity index (χ0n) is 18.0. The Kier molecular flexibility index (Phi) is 7.23. The second-order valence-corrected chi connectivity index (χ2v) is 8.25. The molecule has 3 aromatic rings. The highest BCUT2D eigenvalue weighted by atomic mass is 35.5. The number of rotatable bonds is 6. The minimum Gasteiger partial charge on any atom is -0.387 e. The van der Waals surface area contributed by atoms with Gasteiger partial charge in [-0.2, -0.15) is 0 Å². The molecule has 1 aliphatic rings. The molecule has 1 fully saturated rings. The molecule has 1 aliphatic heterocycles. The third-order valence-electron chi connectivity index (χ3n) is 5.82. The van der Waals surface area contributed by atoms with Crippen LogP contribution in [0.2, 0.25) is 0 Å². The van der Waals surface area contributed by atoms with Gasteiger partial charge in [0.1, 0.15) is 6.04 Å². The fourth-order valence-electron chi connectivity index (χ4n) is 3.99. The SMILES string of the molecule is O=C(NC[C@@H](O)c1ccccc1)[C@@H]1CC(=CCl)CN1C(=O)c1ccc(-c2ccccc2)cc1. The molecule has 33 heavy (non-hydrogen) atoms. The van der Waals surface area contributed by atoms with Gasteiger partial charge in [0.05, 0.1) is 6.10 Å². The van der Waals surface area contributed by atoms with E-state index in [4.69, 9.17) is 11.6 Å².